The second-order valence-corrected chi connectivity index (χ2v) is 5.80. The SMILES string of the molecule is CC(C#N)(Cc1cccc(F)c1)Nc1ccc(Br)cc1. The number of anilines is 1. The molecule has 0 fully saturated rings. The standard InChI is InChI=1S/C16H14BrFN2/c1-16(11-19,10-12-3-2-4-14(18)9-12)20-15-7-5-13(17)6-8-15/h2-9,20H,10H2,1H3. The van der Waals surface area contributed by atoms with Crippen molar-refractivity contribution >= 4 is 21.6 Å². The van der Waals surface area contributed by atoms with Crippen LogP contribution < -0.4 is 5.32 Å². The molecule has 2 nitrogen and oxygen atoms in total. The molecule has 4 heteroatoms. The van der Waals surface area contributed by atoms with E-state index in [4.69, 9.17) is 0 Å². The van der Waals surface area contributed by atoms with Crippen LogP contribution in [0.4, 0.5) is 10.1 Å². The second-order valence-electron chi connectivity index (χ2n) is 4.88. The maximum absolute atomic E-state index is 13.2. The molecule has 0 aliphatic heterocycles. The third-order valence-electron chi connectivity index (χ3n) is 2.96. The average molecular weight is 333 g/mol. The molecule has 0 radical (unpaired) electrons. The molecule has 1 N–H and O–H groups in total. The van der Waals surface area contributed by atoms with E-state index in [1.165, 1.54) is 12.1 Å². The zero-order chi connectivity index (χ0) is 14.6. The van der Waals surface area contributed by atoms with Crippen molar-refractivity contribution in [3.05, 3.63) is 64.4 Å². The van der Waals surface area contributed by atoms with E-state index in [-0.39, 0.29) is 5.82 Å². The number of hydrogen-bond acceptors (Lipinski definition) is 2. The minimum Gasteiger partial charge on any atom is -0.367 e. The van der Waals surface area contributed by atoms with E-state index in [0.29, 0.717) is 6.42 Å². The predicted octanol–water partition coefficient (Wildman–Crippen LogP) is 4.53. The van der Waals surface area contributed by atoms with Gasteiger partial charge in [-0.05, 0) is 48.9 Å². The van der Waals surface area contributed by atoms with Crippen LogP contribution in [-0.2, 0) is 6.42 Å². The molecule has 2 aromatic carbocycles. The van der Waals surface area contributed by atoms with Crippen LogP contribution in [0, 0.1) is 17.1 Å². The van der Waals surface area contributed by atoms with Gasteiger partial charge < -0.3 is 5.32 Å². The molecule has 1 atom stereocenters. The largest absolute Gasteiger partial charge is 0.367 e. The summed E-state index contributed by atoms with van der Waals surface area (Å²) in [7, 11) is 0. The number of nitrogens with one attached hydrogen (secondary N) is 1. The quantitative estimate of drug-likeness (QED) is 0.893. The summed E-state index contributed by atoms with van der Waals surface area (Å²) in [6, 6.07) is 16.2. The van der Waals surface area contributed by atoms with Crippen LogP contribution in [0.25, 0.3) is 0 Å². The molecule has 2 aromatic rings. The fraction of sp³-hybridized carbons (Fsp3) is 0.188. The van der Waals surface area contributed by atoms with Gasteiger partial charge in [-0.15, -0.1) is 0 Å². The van der Waals surface area contributed by atoms with Gasteiger partial charge in [0.1, 0.15) is 11.4 Å². The molecule has 1 unspecified atom stereocenters. The molecule has 0 aliphatic carbocycles. The zero-order valence-corrected chi connectivity index (χ0v) is 12.6. The van der Waals surface area contributed by atoms with E-state index in [2.05, 4.69) is 27.3 Å². The summed E-state index contributed by atoms with van der Waals surface area (Å²) in [5.74, 6) is -0.286. The summed E-state index contributed by atoms with van der Waals surface area (Å²) in [5.41, 5.74) is 0.856. The van der Waals surface area contributed by atoms with Crippen LogP contribution in [0.5, 0.6) is 0 Å². The Kier molecular flexibility index (Phi) is 4.41. The lowest BCUT2D eigenvalue weighted by molar-refractivity contribution is 0.613. The maximum atomic E-state index is 13.2. The van der Waals surface area contributed by atoms with Crippen LogP contribution in [0.3, 0.4) is 0 Å². The van der Waals surface area contributed by atoms with Crippen molar-refractivity contribution in [1.82, 2.24) is 0 Å². The van der Waals surface area contributed by atoms with E-state index in [1.807, 2.05) is 30.3 Å². The van der Waals surface area contributed by atoms with Gasteiger partial charge in [0.15, 0.2) is 0 Å². The summed E-state index contributed by atoms with van der Waals surface area (Å²) in [6.07, 6.45) is 0.428. The first-order chi connectivity index (χ1) is 9.50. The monoisotopic (exact) mass is 332 g/mol. The van der Waals surface area contributed by atoms with Gasteiger partial charge in [-0.3, -0.25) is 0 Å². The highest BCUT2D eigenvalue weighted by molar-refractivity contribution is 9.10. The van der Waals surface area contributed by atoms with Gasteiger partial charge in [0.05, 0.1) is 6.07 Å². The Labute approximate surface area is 126 Å². The van der Waals surface area contributed by atoms with Crippen LogP contribution in [0.2, 0.25) is 0 Å². The van der Waals surface area contributed by atoms with Crippen molar-refractivity contribution in [3.63, 3.8) is 0 Å². The number of nitriles is 1. The predicted molar refractivity (Wildman–Crippen MR) is 81.9 cm³/mol. The van der Waals surface area contributed by atoms with Crippen LogP contribution in [0.1, 0.15) is 12.5 Å². The molecule has 0 spiro atoms. The molecule has 0 aromatic heterocycles. The molecular formula is C16H14BrFN2. The Hall–Kier alpha value is -1.86. The first kappa shape index (κ1) is 14.5. The van der Waals surface area contributed by atoms with Gasteiger partial charge in [0.25, 0.3) is 0 Å². The normalized spacial score (nSPS) is 13.3. The average Bonchev–Trinajstić information content (AvgIpc) is 2.41. The fourth-order valence-electron chi connectivity index (χ4n) is 2.02. The Bertz CT molecular complexity index is 634. The van der Waals surface area contributed by atoms with Crippen molar-refractivity contribution in [2.75, 3.05) is 5.32 Å². The highest BCUT2D eigenvalue weighted by atomic mass is 79.9. The topological polar surface area (TPSA) is 35.8 Å². The summed E-state index contributed by atoms with van der Waals surface area (Å²) in [5, 5.41) is 12.6. The van der Waals surface area contributed by atoms with Crippen molar-refractivity contribution in [3.8, 4) is 6.07 Å². The number of benzene rings is 2. The molecular weight excluding hydrogens is 319 g/mol. The van der Waals surface area contributed by atoms with Gasteiger partial charge in [-0.1, -0.05) is 28.1 Å². The Morgan fingerprint density at radius 1 is 1.25 bits per heavy atom. The Balaban J connectivity index is 2.17. The van der Waals surface area contributed by atoms with Crippen LogP contribution in [-0.4, -0.2) is 5.54 Å². The van der Waals surface area contributed by atoms with E-state index in [9.17, 15) is 9.65 Å². The molecule has 0 heterocycles. The van der Waals surface area contributed by atoms with Crippen molar-refractivity contribution in [2.24, 2.45) is 0 Å². The fourth-order valence-corrected chi connectivity index (χ4v) is 2.28. The highest BCUT2D eigenvalue weighted by Crippen LogP contribution is 2.21. The summed E-state index contributed by atoms with van der Waals surface area (Å²) < 4.78 is 14.2. The number of rotatable bonds is 4. The molecule has 20 heavy (non-hydrogen) atoms. The Morgan fingerprint density at radius 2 is 1.95 bits per heavy atom. The molecule has 0 saturated heterocycles. The first-order valence-corrected chi connectivity index (χ1v) is 6.99. The number of halogens is 2. The molecule has 0 saturated carbocycles. The van der Waals surface area contributed by atoms with E-state index >= 15 is 0 Å². The molecule has 0 bridgehead atoms. The molecule has 2 rings (SSSR count). The van der Waals surface area contributed by atoms with Crippen LogP contribution in [0.15, 0.2) is 53.0 Å². The first-order valence-electron chi connectivity index (χ1n) is 6.20. The smallest absolute Gasteiger partial charge is 0.126 e. The van der Waals surface area contributed by atoms with E-state index < -0.39 is 5.54 Å². The highest BCUT2D eigenvalue weighted by Gasteiger charge is 2.24. The lowest BCUT2D eigenvalue weighted by Gasteiger charge is -2.24. The third kappa shape index (κ3) is 3.82. The van der Waals surface area contributed by atoms with Crippen LogP contribution >= 0.6 is 15.9 Å². The summed E-state index contributed by atoms with van der Waals surface area (Å²) in [4.78, 5) is 0. The minimum atomic E-state index is -0.790. The number of nitrogens with zero attached hydrogens (tertiary/aromatic N) is 1. The van der Waals surface area contributed by atoms with Gasteiger partial charge in [0, 0.05) is 16.6 Å². The molecule has 0 amide bonds. The molecule has 0 aliphatic rings. The number of hydrogen-bond donors (Lipinski definition) is 1. The van der Waals surface area contributed by atoms with E-state index in [1.54, 1.807) is 13.0 Å². The zero-order valence-electron chi connectivity index (χ0n) is 11.0. The third-order valence-corrected chi connectivity index (χ3v) is 3.49. The maximum Gasteiger partial charge on any atom is 0.126 e. The van der Waals surface area contributed by atoms with Gasteiger partial charge in [0.2, 0.25) is 0 Å². The minimum absolute atomic E-state index is 0.286. The van der Waals surface area contributed by atoms with Gasteiger partial charge in [-0.25, -0.2) is 4.39 Å². The molecule has 102 valence electrons. The summed E-state index contributed by atoms with van der Waals surface area (Å²) >= 11 is 3.37. The van der Waals surface area contributed by atoms with Crippen molar-refractivity contribution in [2.45, 2.75) is 18.9 Å². The van der Waals surface area contributed by atoms with Gasteiger partial charge in [-0.2, -0.15) is 5.26 Å². The second kappa shape index (κ2) is 6.06. The van der Waals surface area contributed by atoms with Crippen molar-refractivity contribution < 1.29 is 4.39 Å². The van der Waals surface area contributed by atoms with Crippen molar-refractivity contribution in [1.29, 1.82) is 5.26 Å². The van der Waals surface area contributed by atoms with E-state index in [0.717, 1.165) is 15.7 Å². The summed E-state index contributed by atoms with van der Waals surface area (Å²) in [6.45, 7) is 1.81. The lowest BCUT2D eigenvalue weighted by atomic mass is 9.94. The van der Waals surface area contributed by atoms with Gasteiger partial charge >= 0.3 is 0 Å². The Morgan fingerprint density at radius 3 is 2.55 bits per heavy atom. The lowest BCUT2D eigenvalue weighted by Crippen LogP contribution is -2.35.